The van der Waals surface area contributed by atoms with E-state index in [0.717, 1.165) is 19.3 Å². The summed E-state index contributed by atoms with van der Waals surface area (Å²) in [5.74, 6) is 2.15. The first-order chi connectivity index (χ1) is 14.5. The molecule has 1 N–H and O–H groups in total. The molecule has 11 unspecified atom stereocenters. The van der Waals surface area contributed by atoms with Crippen LogP contribution in [0.1, 0.15) is 67.2 Å². The minimum absolute atomic E-state index is 0.00604. The molecule has 0 aromatic rings. The molecule has 176 valence electrons. The van der Waals surface area contributed by atoms with Gasteiger partial charge in [0.1, 0.15) is 5.60 Å². The second kappa shape index (κ2) is 8.33. The van der Waals surface area contributed by atoms with Crippen molar-refractivity contribution in [2.75, 3.05) is 6.61 Å². The lowest BCUT2D eigenvalue weighted by Gasteiger charge is -2.42. The van der Waals surface area contributed by atoms with E-state index in [1.54, 1.807) is 6.92 Å². The standard InChI is InChI=1S/C25H40O6/c1-12(26)7-8-29-23(27)18-11-19-14(3)21(22(18)30-19)20-13(2)16-9-15(20)10-17(16)24(28)31-25(4,5)6/h12-22,26H,7-11H2,1-6H3. The van der Waals surface area contributed by atoms with E-state index in [-0.39, 0.29) is 42.6 Å². The summed E-state index contributed by atoms with van der Waals surface area (Å²) in [6, 6.07) is 0. The van der Waals surface area contributed by atoms with Gasteiger partial charge >= 0.3 is 11.9 Å². The van der Waals surface area contributed by atoms with Crippen LogP contribution in [0.4, 0.5) is 0 Å². The van der Waals surface area contributed by atoms with Crippen LogP contribution >= 0.6 is 0 Å². The third kappa shape index (κ3) is 4.27. The largest absolute Gasteiger partial charge is 0.465 e. The molecule has 31 heavy (non-hydrogen) atoms. The van der Waals surface area contributed by atoms with Crippen molar-refractivity contribution in [3.8, 4) is 0 Å². The lowest BCUT2D eigenvalue weighted by atomic mass is 9.61. The topological polar surface area (TPSA) is 82.1 Å². The Morgan fingerprint density at radius 2 is 1.74 bits per heavy atom. The summed E-state index contributed by atoms with van der Waals surface area (Å²) in [6.07, 6.45) is 2.76. The predicted molar refractivity (Wildman–Crippen MR) is 115 cm³/mol. The average molecular weight is 437 g/mol. The molecule has 0 radical (unpaired) electrons. The second-order valence-electron chi connectivity index (χ2n) is 11.7. The zero-order valence-corrected chi connectivity index (χ0v) is 19.9. The normalized spacial score (nSPS) is 44.5. The van der Waals surface area contributed by atoms with Gasteiger partial charge in [0.05, 0.1) is 36.8 Å². The van der Waals surface area contributed by atoms with Gasteiger partial charge in [0.2, 0.25) is 0 Å². The van der Waals surface area contributed by atoms with Gasteiger partial charge in [0, 0.05) is 6.42 Å². The van der Waals surface area contributed by atoms with Crippen LogP contribution in [0.5, 0.6) is 0 Å². The SMILES string of the molecule is CC(O)CCOC(=O)C1CC2OC1C(C1C3CC(C(=O)OC(C)(C)C)C(C3)C1C)C2C. The lowest BCUT2D eigenvalue weighted by Crippen LogP contribution is -2.45. The summed E-state index contributed by atoms with van der Waals surface area (Å²) in [6.45, 7) is 12.3. The van der Waals surface area contributed by atoms with Crippen molar-refractivity contribution in [3.63, 3.8) is 0 Å². The Balaban J connectivity index is 1.42. The number of carbonyl (C=O) groups excluding carboxylic acids is 2. The Morgan fingerprint density at radius 1 is 1.03 bits per heavy atom. The Morgan fingerprint density at radius 3 is 2.32 bits per heavy atom. The zero-order valence-electron chi connectivity index (χ0n) is 19.9. The number of fused-ring (bicyclic) bond motifs is 4. The molecule has 4 bridgehead atoms. The van der Waals surface area contributed by atoms with E-state index in [1.807, 2.05) is 20.8 Å². The number of carbonyl (C=O) groups is 2. The maximum atomic E-state index is 12.8. The minimum atomic E-state index is -0.468. The minimum Gasteiger partial charge on any atom is -0.465 e. The third-order valence-corrected chi connectivity index (χ3v) is 8.50. The molecule has 0 spiro atoms. The van der Waals surface area contributed by atoms with Crippen molar-refractivity contribution in [3.05, 3.63) is 0 Å². The van der Waals surface area contributed by atoms with Gasteiger partial charge < -0.3 is 19.3 Å². The first-order valence-corrected chi connectivity index (χ1v) is 12.2. The fourth-order valence-corrected chi connectivity index (χ4v) is 7.25. The first kappa shape index (κ1) is 23.0. The van der Waals surface area contributed by atoms with Crippen molar-refractivity contribution in [1.82, 2.24) is 0 Å². The van der Waals surface area contributed by atoms with Gasteiger partial charge in [-0.15, -0.1) is 0 Å². The molecule has 0 amide bonds. The van der Waals surface area contributed by atoms with Crippen LogP contribution in [0.2, 0.25) is 0 Å². The highest BCUT2D eigenvalue weighted by Crippen LogP contribution is 2.63. The van der Waals surface area contributed by atoms with Crippen LogP contribution in [-0.2, 0) is 23.8 Å². The molecule has 2 aliphatic carbocycles. The van der Waals surface area contributed by atoms with Crippen LogP contribution < -0.4 is 0 Å². The van der Waals surface area contributed by atoms with Gasteiger partial charge in [0.15, 0.2) is 0 Å². The molecule has 4 aliphatic rings. The summed E-state index contributed by atoms with van der Waals surface area (Å²) in [4.78, 5) is 25.5. The first-order valence-electron chi connectivity index (χ1n) is 12.2. The van der Waals surface area contributed by atoms with E-state index >= 15 is 0 Å². The Hall–Kier alpha value is -1.14. The van der Waals surface area contributed by atoms with Crippen LogP contribution in [0.25, 0.3) is 0 Å². The quantitative estimate of drug-likeness (QED) is 0.641. The number of rotatable bonds is 6. The smallest absolute Gasteiger partial charge is 0.311 e. The van der Waals surface area contributed by atoms with Gasteiger partial charge in [-0.25, -0.2) is 0 Å². The molecule has 11 atom stereocenters. The predicted octanol–water partition coefficient (Wildman–Crippen LogP) is 3.59. The van der Waals surface area contributed by atoms with E-state index < -0.39 is 11.7 Å². The van der Waals surface area contributed by atoms with Gasteiger partial charge in [-0.05, 0) is 82.5 Å². The van der Waals surface area contributed by atoms with Gasteiger partial charge in [0.25, 0.3) is 0 Å². The molecule has 0 aromatic carbocycles. The Kier molecular flexibility index (Phi) is 6.19. The summed E-state index contributed by atoms with van der Waals surface area (Å²) in [7, 11) is 0. The van der Waals surface area contributed by atoms with Crippen molar-refractivity contribution in [2.45, 2.75) is 91.1 Å². The molecule has 2 saturated carbocycles. The zero-order chi connectivity index (χ0) is 22.7. The number of hydrogen-bond acceptors (Lipinski definition) is 6. The van der Waals surface area contributed by atoms with E-state index in [4.69, 9.17) is 14.2 Å². The maximum Gasteiger partial charge on any atom is 0.311 e. The van der Waals surface area contributed by atoms with Crippen molar-refractivity contribution in [2.24, 2.45) is 47.3 Å². The molecule has 2 saturated heterocycles. The molecular formula is C25H40O6. The highest BCUT2D eigenvalue weighted by Gasteiger charge is 2.63. The maximum absolute atomic E-state index is 12.8. The van der Waals surface area contributed by atoms with Crippen LogP contribution in [-0.4, -0.2) is 47.6 Å². The molecule has 6 heteroatoms. The molecule has 6 nitrogen and oxygen atoms in total. The highest BCUT2D eigenvalue weighted by atomic mass is 16.6. The van der Waals surface area contributed by atoms with Crippen LogP contribution in [0.15, 0.2) is 0 Å². The Labute approximate surface area is 186 Å². The lowest BCUT2D eigenvalue weighted by molar-refractivity contribution is -0.163. The molecule has 4 rings (SSSR count). The summed E-state index contributed by atoms with van der Waals surface area (Å²) in [5.41, 5.74) is -0.448. The molecule has 4 fully saturated rings. The number of esters is 2. The summed E-state index contributed by atoms with van der Waals surface area (Å²) < 4.78 is 17.5. The molecule has 2 aliphatic heterocycles. The fourth-order valence-electron chi connectivity index (χ4n) is 7.25. The monoisotopic (exact) mass is 436 g/mol. The van der Waals surface area contributed by atoms with E-state index in [1.165, 1.54) is 0 Å². The number of aliphatic hydroxyl groups excluding tert-OH is 1. The number of ether oxygens (including phenoxy) is 3. The summed E-state index contributed by atoms with van der Waals surface area (Å²) in [5, 5.41) is 9.42. The van der Waals surface area contributed by atoms with Crippen LogP contribution in [0.3, 0.4) is 0 Å². The van der Waals surface area contributed by atoms with E-state index in [9.17, 15) is 14.7 Å². The molecular weight excluding hydrogens is 396 g/mol. The number of aliphatic hydroxyl groups is 1. The summed E-state index contributed by atoms with van der Waals surface area (Å²) >= 11 is 0. The van der Waals surface area contributed by atoms with Gasteiger partial charge in [-0.3, -0.25) is 9.59 Å². The average Bonchev–Trinajstić information content (AvgIpc) is 3.39. The molecule has 2 heterocycles. The van der Waals surface area contributed by atoms with Crippen LogP contribution in [0, 0.1) is 47.3 Å². The van der Waals surface area contributed by atoms with Gasteiger partial charge in [-0.1, -0.05) is 13.8 Å². The highest BCUT2D eigenvalue weighted by molar-refractivity contribution is 5.74. The number of hydrogen-bond donors (Lipinski definition) is 1. The van der Waals surface area contributed by atoms with Gasteiger partial charge in [-0.2, -0.15) is 0 Å². The second-order valence-corrected chi connectivity index (χ2v) is 11.7. The van der Waals surface area contributed by atoms with Crippen molar-refractivity contribution in [1.29, 1.82) is 0 Å². The van der Waals surface area contributed by atoms with Crippen molar-refractivity contribution < 1.29 is 28.9 Å². The Bertz CT molecular complexity index is 695. The fraction of sp³-hybridized carbons (Fsp3) is 0.920. The third-order valence-electron chi connectivity index (χ3n) is 8.50. The molecule has 0 aromatic heterocycles. The van der Waals surface area contributed by atoms with E-state index in [2.05, 4.69) is 13.8 Å². The van der Waals surface area contributed by atoms with E-state index in [0.29, 0.717) is 41.9 Å². The van der Waals surface area contributed by atoms with Crippen molar-refractivity contribution >= 4 is 11.9 Å².